The summed E-state index contributed by atoms with van der Waals surface area (Å²) in [4.78, 5) is 2.35. The molecule has 0 saturated carbocycles. The average molecular weight is 172 g/mol. The maximum absolute atomic E-state index is 9.60. The van der Waals surface area contributed by atoms with E-state index in [9.17, 15) is 5.11 Å². The molecule has 12 heavy (non-hydrogen) atoms. The molecule has 0 spiro atoms. The molecule has 0 unspecified atom stereocenters. The number of rotatable bonds is 3. The van der Waals surface area contributed by atoms with Gasteiger partial charge >= 0.3 is 0 Å². The lowest BCUT2D eigenvalue weighted by molar-refractivity contribution is 0.0264. The van der Waals surface area contributed by atoms with Crippen molar-refractivity contribution in [1.29, 1.82) is 0 Å². The van der Waals surface area contributed by atoms with Crippen molar-refractivity contribution < 1.29 is 5.11 Å². The number of aliphatic hydroxyl groups is 1. The van der Waals surface area contributed by atoms with Crippen LogP contribution in [0.5, 0.6) is 0 Å². The molecule has 0 aromatic carbocycles. The van der Waals surface area contributed by atoms with Crippen LogP contribution in [0.4, 0.5) is 0 Å². The van der Waals surface area contributed by atoms with E-state index in [1.165, 1.54) is 0 Å². The lowest BCUT2D eigenvalue weighted by Crippen LogP contribution is -2.44. The van der Waals surface area contributed by atoms with Crippen molar-refractivity contribution in [2.24, 2.45) is 11.7 Å². The summed E-state index contributed by atoms with van der Waals surface area (Å²) in [5.41, 5.74) is 5.48. The minimum Gasteiger partial charge on any atom is -0.393 e. The Balaban J connectivity index is 2.33. The first-order chi connectivity index (χ1) is 5.77. The molecule has 0 aromatic heterocycles. The summed E-state index contributed by atoms with van der Waals surface area (Å²) in [6.45, 7) is 5.87. The van der Waals surface area contributed by atoms with E-state index < -0.39 is 0 Å². The van der Waals surface area contributed by atoms with Gasteiger partial charge in [-0.15, -0.1) is 0 Å². The van der Waals surface area contributed by atoms with Gasteiger partial charge in [0.15, 0.2) is 0 Å². The third kappa shape index (κ3) is 2.44. The zero-order valence-electron chi connectivity index (χ0n) is 7.87. The molecule has 2 atom stereocenters. The number of hydrogen-bond donors (Lipinski definition) is 2. The summed E-state index contributed by atoms with van der Waals surface area (Å²) < 4.78 is 0. The van der Waals surface area contributed by atoms with Crippen molar-refractivity contribution in [3.8, 4) is 0 Å². The molecule has 3 heteroatoms. The van der Waals surface area contributed by atoms with Gasteiger partial charge in [-0.1, -0.05) is 6.92 Å². The summed E-state index contributed by atoms with van der Waals surface area (Å²) in [5, 5.41) is 9.60. The van der Waals surface area contributed by atoms with Gasteiger partial charge in [-0.25, -0.2) is 0 Å². The van der Waals surface area contributed by atoms with Crippen molar-refractivity contribution in [1.82, 2.24) is 4.90 Å². The summed E-state index contributed by atoms with van der Waals surface area (Å²) in [7, 11) is 0. The predicted molar refractivity (Wildman–Crippen MR) is 49.9 cm³/mol. The molecular formula is C9H20N2O. The second-order valence-electron chi connectivity index (χ2n) is 3.61. The van der Waals surface area contributed by atoms with Crippen LogP contribution >= 0.6 is 0 Å². The van der Waals surface area contributed by atoms with Crippen LogP contribution in [-0.2, 0) is 0 Å². The van der Waals surface area contributed by atoms with Gasteiger partial charge in [-0.05, 0) is 18.8 Å². The Labute approximate surface area is 74.5 Å². The number of aliphatic hydroxyl groups excluding tert-OH is 1. The third-order valence-corrected chi connectivity index (χ3v) is 2.75. The van der Waals surface area contributed by atoms with E-state index in [0.29, 0.717) is 5.92 Å². The molecule has 3 N–H and O–H groups in total. The molecule has 1 rings (SSSR count). The first-order valence-electron chi connectivity index (χ1n) is 4.88. The van der Waals surface area contributed by atoms with Gasteiger partial charge in [0, 0.05) is 26.2 Å². The van der Waals surface area contributed by atoms with Crippen molar-refractivity contribution in [2.45, 2.75) is 25.9 Å². The van der Waals surface area contributed by atoms with Crippen molar-refractivity contribution in [3.63, 3.8) is 0 Å². The van der Waals surface area contributed by atoms with E-state index in [-0.39, 0.29) is 6.10 Å². The lowest BCUT2D eigenvalue weighted by Gasteiger charge is -2.35. The number of piperidine rings is 1. The number of likely N-dealkylation sites (tertiary alicyclic amines) is 1. The van der Waals surface area contributed by atoms with Gasteiger partial charge < -0.3 is 15.7 Å². The fraction of sp³-hybridized carbons (Fsp3) is 1.00. The fourth-order valence-electron chi connectivity index (χ4n) is 1.88. The van der Waals surface area contributed by atoms with Crippen molar-refractivity contribution >= 4 is 0 Å². The van der Waals surface area contributed by atoms with Gasteiger partial charge in [0.2, 0.25) is 0 Å². The Hall–Kier alpha value is -0.120. The van der Waals surface area contributed by atoms with Crippen LogP contribution < -0.4 is 5.73 Å². The molecule has 0 aromatic rings. The van der Waals surface area contributed by atoms with Crippen LogP contribution in [0, 0.1) is 5.92 Å². The molecule has 0 amide bonds. The second-order valence-corrected chi connectivity index (χ2v) is 3.61. The highest BCUT2D eigenvalue weighted by Gasteiger charge is 2.25. The summed E-state index contributed by atoms with van der Waals surface area (Å²) >= 11 is 0. The smallest absolute Gasteiger partial charge is 0.0592 e. The monoisotopic (exact) mass is 172 g/mol. The third-order valence-electron chi connectivity index (χ3n) is 2.75. The van der Waals surface area contributed by atoms with Gasteiger partial charge in [0.1, 0.15) is 0 Å². The Morgan fingerprint density at radius 1 is 1.58 bits per heavy atom. The molecule has 1 heterocycles. The van der Waals surface area contributed by atoms with E-state index in [2.05, 4.69) is 11.8 Å². The van der Waals surface area contributed by atoms with Crippen LogP contribution in [0.3, 0.4) is 0 Å². The van der Waals surface area contributed by atoms with Crippen LogP contribution in [0.15, 0.2) is 0 Å². The molecule has 1 saturated heterocycles. The molecule has 0 aliphatic carbocycles. The summed E-state index contributed by atoms with van der Waals surface area (Å²) in [5.74, 6) is 0.463. The van der Waals surface area contributed by atoms with Crippen LogP contribution in [-0.4, -0.2) is 42.3 Å². The van der Waals surface area contributed by atoms with Crippen LogP contribution in [0.1, 0.15) is 19.8 Å². The van der Waals surface area contributed by atoms with Gasteiger partial charge in [0.25, 0.3) is 0 Å². The summed E-state index contributed by atoms with van der Waals surface area (Å²) in [6, 6.07) is 0. The summed E-state index contributed by atoms with van der Waals surface area (Å²) in [6.07, 6.45) is 1.91. The maximum atomic E-state index is 9.60. The molecule has 0 radical (unpaired) electrons. The average Bonchev–Trinajstić information content (AvgIpc) is 2.09. The largest absolute Gasteiger partial charge is 0.393 e. The Kier molecular flexibility index (Phi) is 3.98. The van der Waals surface area contributed by atoms with Gasteiger partial charge in [0.05, 0.1) is 6.10 Å². The minimum atomic E-state index is -0.0796. The molecule has 1 aliphatic heterocycles. The van der Waals surface area contributed by atoms with E-state index in [1.54, 1.807) is 0 Å². The highest BCUT2D eigenvalue weighted by atomic mass is 16.3. The minimum absolute atomic E-state index is 0.0796. The van der Waals surface area contributed by atoms with E-state index in [0.717, 1.165) is 39.0 Å². The Morgan fingerprint density at radius 2 is 2.33 bits per heavy atom. The fourth-order valence-corrected chi connectivity index (χ4v) is 1.88. The molecular weight excluding hydrogens is 152 g/mol. The zero-order valence-corrected chi connectivity index (χ0v) is 7.87. The topological polar surface area (TPSA) is 49.5 Å². The standard InChI is InChI=1S/C9H20N2O/c1-2-8-7-11(6-4-10)5-3-9(8)12/h8-9,12H,2-7,10H2,1H3/t8-,9+/m1/s1. The van der Waals surface area contributed by atoms with E-state index in [4.69, 9.17) is 5.73 Å². The molecule has 1 fully saturated rings. The van der Waals surface area contributed by atoms with Crippen molar-refractivity contribution in [2.75, 3.05) is 26.2 Å². The van der Waals surface area contributed by atoms with Crippen LogP contribution in [0.2, 0.25) is 0 Å². The van der Waals surface area contributed by atoms with Crippen LogP contribution in [0.25, 0.3) is 0 Å². The van der Waals surface area contributed by atoms with E-state index in [1.807, 2.05) is 0 Å². The molecule has 72 valence electrons. The van der Waals surface area contributed by atoms with Gasteiger partial charge in [-0.3, -0.25) is 0 Å². The SMILES string of the molecule is CC[C@@H]1CN(CCN)CC[C@@H]1O. The highest BCUT2D eigenvalue weighted by molar-refractivity contribution is 4.78. The lowest BCUT2D eigenvalue weighted by atomic mass is 9.92. The maximum Gasteiger partial charge on any atom is 0.0592 e. The highest BCUT2D eigenvalue weighted by Crippen LogP contribution is 2.19. The number of hydrogen-bond acceptors (Lipinski definition) is 3. The van der Waals surface area contributed by atoms with E-state index >= 15 is 0 Å². The molecule has 3 nitrogen and oxygen atoms in total. The quantitative estimate of drug-likeness (QED) is 0.632. The Morgan fingerprint density at radius 3 is 2.92 bits per heavy atom. The predicted octanol–water partition coefficient (Wildman–Crippen LogP) is 0.0379. The first kappa shape index (κ1) is 9.96. The van der Waals surface area contributed by atoms with Gasteiger partial charge in [-0.2, -0.15) is 0 Å². The Bertz CT molecular complexity index is 130. The van der Waals surface area contributed by atoms with Crippen molar-refractivity contribution in [3.05, 3.63) is 0 Å². The zero-order chi connectivity index (χ0) is 8.97. The first-order valence-corrected chi connectivity index (χ1v) is 4.88. The second kappa shape index (κ2) is 4.80. The number of nitrogens with zero attached hydrogens (tertiary/aromatic N) is 1. The normalized spacial score (nSPS) is 32.2. The number of nitrogens with two attached hydrogens (primary N) is 1. The molecule has 1 aliphatic rings. The molecule has 0 bridgehead atoms.